The monoisotopic (exact) mass is 310 g/mol. The summed E-state index contributed by atoms with van der Waals surface area (Å²) in [7, 11) is 0. The van der Waals surface area contributed by atoms with Crippen LogP contribution in [0, 0.1) is 10.1 Å². The van der Waals surface area contributed by atoms with Gasteiger partial charge in [-0.15, -0.1) is 13.2 Å². The third kappa shape index (κ3) is 4.78. The van der Waals surface area contributed by atoms with E-state index >= 15 is 0 Å². The highest BCUT2D eigenvalue weighted by atomic mass is 19.4. The van der Waals surface area contributed by atoms with Crippen LogP contribution < -0.4 is 10.3 Å². The first-order valence-corrected chi connectivity index (χ1v) is 5.46. The Balaban J connectivity index is 3.27. The van der Waals surface area contributed by atoms with Crippen molar-refractivity contribution in [3.8, 4) is 5.88 Å². The molecule has 0 unspecified atom stereocenters. The van der Waals surface area contributed by atoms with Crippen LogP contribution in [-0.2, 0) is 16.0 Å². The second kappa shape index (κ2) is 6.24. The first-order chi connectivity index (χ1) is 9.64. The Kier molecular flexibility index (Phi) is 4.89. The fourth-order valence-electron chi connectivity index (χ4n) is 1.38. The summed E-state index contributed by atoms with van der Waals surface area (Å²) in [6.07, 6.45) is -5.86. The first-order valence-electron chi connectivity index (χ1n) is 5.46. The minimum atomic E-state index is -5.14. The van der Waals surface area contributed by atoms with Gasteiger partial charge < -0.3 is 9.47 Å². The van der Waals surface area contributed by atoms with Crippen LogP contribution in [0.2, 0.25) is 0 Å². The Hall–Kier alpha value is -2.59. The highest BCUT2D eigenvalue weighted by molar-refractivity contribution is 5.73. The number of alkyl halides is 3. The molecule has 0 bridgehead atoms. The number of aromatic nitrogens is 1. The molecule has 11 heteroatoms. The number of ether oxygens (including phenoxy) is 2. The molecule has 0 radical (unpaired) electrons. The van der Waals surface area contributed by atoms with Crippen molar-refractivity contribution < 1.29 is 32.4 Å². The Bertz CT molecular complexity index is 610. The summed E-state index contributed by atoms with van der Waals surface area (Å²) < 4.78 is 44.7. The first kappa shape index (κ1) is 16.5. The van der Waals surface area contributed by atoms with Gasteiger partial charge in [0.2, 0.25) is 5.88 Å². The van der Waals surface area contributed by atoms with Crippen LogP contribution in [0.5, 0.6) is 5.88 Å². The second-order valence-electron chi connectivity index (χ2n) is 3.62. The fraction of sp³-hybridized carbons (Fsp3) is 0.400. The molecule has 0 spiro atoms. The van der Waals surface area contributed by atoms with Gasteiger partial charge in [-0.3, -0.25) is 24.7 Å². The van der Waals surface area contributed by atoms with Gasteiger partial charge in [-0.1, -0.05) is 0 Å². The van der Waals surface area contributed by atoms with Crippen LogP contribution in [-0.4, -0.2) is 28.8 Å². The van der Waals surface area contributed by atoms with E-state index in [0.29, 0.717) is 6.07 Å². The molecule has 8 nitrogen and oxygen atoms in total. The lowest BCUT2D eigenvalue weighted by Crippen LogP contribution is -2.23. The van der Waals surface area contributed by atoms with Gasteiger partial charge in [0.05, 0.1) is 18.0 Å². The molecule has 0 atom stereocenters. The number of hydrogen-bond acceptors (Lipinski definition) is 6. The standard InChI is InChI=1S/C10H9F3N2O6/c1-2-20-7(16)4-5-3-6(15(18)19)8(17)14-9(5)21-10(11,12)13/h3H,2,4H2,1H3,(H,14,17). The number of nitro groups is 1. The lowest BCUT2D eigenvalue weighted by molar-refractivity contribution is -0.386. The molecule has 1 heterocycles. The van der Waals surface area contributed by atoms with Gasteiger partial charge in [-0.25, -0.2) is 0 Å². The molecule has 116 valence electrons. The number of esters is 1. The molecule has 1 aromatic rings. The topological polar surface area (TPSA) is 112 Å². The summed E-state index contributed by atoms with van der Waals surface area (Å²) in [6.45, 7) is 1.44. The normalized spacial score (nSPS) is 11.0. The minimum absolute atomic E-state index is 0.0280. The summed E-state index contributed by atoms with van der Waals surface area (Å²) in [6, 6.07) is 0.539. The third-order valence-electron chi connectivity index (χ3n) is 2.12. The van der Waals surface area contributed by atoms with Crippen LogP contribution >= 0.6 is 0 Å². The van der Waals surface area contributed by atoms with E-state index in [1.165, 1.54) is 6.92 Å². The largest absolute Gasteiger partial charge is 0.574 e. The van der Waals surface area contributed by atoms with E-state index in [4.69, 9.17) is 0 Å². The van der Waals surface area contributed by atoms with Gasteiger partial charge in [-0.2, -0.15) is 0 Å². The number of aromatic amines is 1. The lowest BCUT2D eigenvalue weighted by Gasteiger charge is -2.12. The number of hydrogen-bond donors (Lipinski definition) is 1. The van der Waals surface area contributed by atoms with E-state index in [1.54, 1.807) is 4.98 Å². The zero-order valence-corrected chi connectivity index (χ0v) is 10.5. The van der Waals surface area contributed by atoms with Crippen LogP contribution in [0.3, 0.4) is 0 Å². The quantitative estimate of drug-likeness (QED) is 0.498. The number of rotatable bonds is 5. The Morgan fingerprint density at radius 3 is 2.57 bits per heavy atom. The Labute approximate surface area is 114 Å². The van der Waals surface area contributed by atoms with E-state index in [2.05, 4.69) is 9.47 Å². The number of pyridine rings is 1. The third-order valence-corrected chi connectivity index (χ3v) is 2.12. The van der Waals surface area contributed by atoms with Crippen molar-refractivity contribution in [1.82, 2.24) is 4.98 Å². The summed E-state index contributed by atoms with van der Waals surface area (Å²) >= 11 is 0. The lowest BCUT2D eigenvalue weighted by atomic mass is 10.2. The molecule has 0 saturated heterocycles. The van der Waals surface area contributed by atoms with E-state index in [9.17, 15) is 32.9 Å². The average Bonchev–Trinajstić information content (AvgIpc) is 2.30. The molecular weight excluding hydrogens is 301 g/mol. The summed E-state index contributed by atoms with van der Waals surface area (Å²) in [4.78, 5) is 33.6. The van der Waals surface area contributed by atoms with E-state index in [-0.39, 0.29) is 6.61 Å². The molecule has 0 aliphatic rings. The molecule has 0 saturated carbocycles. The molecule has 0 aliphatic heterocycles. The predicted molar refractivity (Wildman–Crippen MR) is 60.7 cm³/mol. The molecular formula is C10H9F3N2O6. The predicted octanol–water partition coefficient (Wildman–Crippen LogP) is 1.29. The summed E-state index contributed by atoms with van der Waals surface area (Å²) in [5.74, 6) is -2.02. The van der Waals surface area contributed by atoms with Crippen molar-refractivity contribution in [2.24, 2.45) is 0 Å². The molecule has 1 aromatic heterocycles. The molecule has 1 N–H and O–H groups in total. The molecule has 0 fully saturated rings. The highest BCUT2D eigenvalue weighted by Gasteiger charge is 2.34. The Morgan fingerprint density at radius 1 is 1.48 bits per heavy atom. The molecule has 0 aliphatic carbocycles. The Morgan fingerprint density at radius 2 is 2.10 bits per heavy atom. The smallest absolute Gasteiger partial charge is 0.466 e. The zero-order chi connectivity index (χ0) is 16.2. The number of nitrogens with zero attached hydrogens (tertiary/aromatic N) is 1. The van der Waals surface area contributed by atoms with E-state index in [0.717, 1.165) is 0 Å². The molecule has 0 amide bonds. The van der Waals surface area contributed by atoms with Crippen molar-refractivity contribution in [2.75, 3.05) is 6.61 Å². The number of nitrogens with one attached hydrogen (secondary N) is 1. The number of H-pyrrole nitrogens is 1. The zero-order valence-electron chi connectivity index (χ0n) is 10.5. The van der Waals surface area contributed by atoms with Crippen molar-refractivity contribution in [3.05, 3.63) is 32.1 Å². The van der Waals surface area contributed by atoms with Crippen LogP contribution in [0.4, 0.5) is 18.9 Å². The van der Waals surface area contributed by atoms with Gasteiger partial charge in [-0.05, 0) is 6.92 Å². The number of carbonyl (C=O) groups is 1. The van der Waals surface area contributed by atoms with Crippen molar-refractivity contribution in [1.29, 1.82) is 0 Å². The highest BCUT2D eigenvalue weighted by Crippen LogP contribution is 2.25. The number of halogens is 3. The average molecular weight is 310 g/mol. The van der Waals surface area contributed by atoms with E-state index in [1.807, 2.05) is 0 Å². The molecule has 0 aromatic carbocycles. The second-order valence-corrected chi connectivity index (χ2v) is 3.62. The maximum absolute atomic E-state index is 12.2. The van der Waals surface area contributed by atoms with Gasteiger partial charge in [0.15, 0.2) is 0 Å². The van der Waals surface area contributed by atoms with Crippen LogP contribution in [0.15, 0.2) is 10.9 Å². The van der Waals surface area contributed by atoms with Gasteiger partial charge in [0.25, 0.3) is 0 Å². The van der Waals surface area contributed by atoms with Gasteiger partial charge in [0, 0.05) is 11.6 Å². The number of carbonyl (C=O) groups excluding carboxylic acids is 1. The van der Waals surface area contributed by atoms with Crippen LogP contribution in [0.1, 0.15) is 12.5 Å². The molecule has 21 heavy (non-hydrogen) atoms. The maximum Gasteiger partial charge on any atom is 0.574 e. The van der Waals surface area contributed by atoms with Gasteiger partial charge in [0.1, 0.15) is 0 Å². The van der Waals surface area contributed by atoms with Crippen LogP contribution in [0.25, 0.3) is 0 Å². The van der Waals surface area contributed by atoms with Gasteiger partial charge >= 0.3 is 23.6 Å². The summed E-state index contributed by atoms with van der Waals surface area (Å²) in [5.41, 5.74) is -2.91. The molecule has 1 rings (SSSR count). The maximum atomic E-state index is 12.2. The van der Waals surface area contributed by atoms with Crippen molar-refractivity contribution in [3.63, 3.8) is 0 Å². The summed E-state index contributed by atoms with van der Waals surface area (Å²) in [5, 5.41) is 10.6. The van der Waals surface area contributed by atoms with E-state index < -0.39 is 46.4 Å². The van der Waals surface area contributed by atoms with Crippen molar-refractivity contribution in [2.45, 2.75) is 19.7 Å². The fourth-order valence-corrected chi connectivity index (χ4v) is 1.38. The SMILES string of the molecule is CCOC(=O)Cc1cc([N+](=O)[O-])c(=O)[nH]c1OC(F)(F)F. The van der Waals surface area contributed by atoms with Crippen molar-refractivity contribution >= 4 is 11.7 Å². The minimum Gasteiger partial charge on any atom is -0.466 e.